The number of nitrogens with two attached hydrogens (primary N) is 1. The number of benzene rings is 2. The predicted molar refractivity (Wildman–Crippen MR) is 91.6 cm³/mol. The van der Waals surface area contributed by atoms with Crippen LogP contribution in [0.2, 0.25) is 0 Å². The molecule has 0 atom stereocenters. The van der Waals surface area contributed by atoms with Gasteiger partial charge in [-0.05, 0) is 17.7 Å². The van der Waals surface area contributed by atoms with Crippen molar-refractivity contribution in [1.82, 2.24) is 14.8 Å². The summed E-state index contributed by atoms with van der Waals surface area (Å²) in [5.74, 6) is -0.0856. The Labute approximate surface area is 144 Å². The fourth-order valence-corrected chi connectivity index (χ4v) is 3.55. The molecule has 25 heavy (non-hydrogen) atoms. The summed E-state index contributed by atoms with van der Waals surface area (Å²) in [5.41, 5.74) is 5.95. The molecule has 0 amide bonds. The summed E-state index contributed by atoms with van der Waals surface area (Å²) < 4.78 is 42.4. The number of alkyl halides is 3. The van der Waals surface area contributed by atoms with Gasteiger partial charge >= 0.3 is 6.18 Å². The third kappa shape index (κ3) is 2.64. The number of halogens is 3. The van der Waals surface area contributed by atoms with Crippen molar-refractivity contribution in [3.63, 3.8) is 0 Å². The number of anilines is 1. The third-order valence-corrected chi connectivity index (χ3v) is 4.73. The number of aromatic nitrogens is 3. The molecule has 8 heteroatoms. The van der Waals surface area contributed by atoms with Crippen LogP contribution in [0.5, 0.6) is 0 Å². The number of nitrogens with zero attached hydrogens (tertiary/aromatic N) is 3. The van der Waals surface area contributed by atoms with Gasteiger partial charge in [-0.15, -0.1) is 0 Å². The molecular formula is C17H11F3N4S. The molecule has 0 spiro atoms. The van der Waals surface area contributed by atoms with Gasteiger partial charge in [0.15, 0.2) is 5.69 Å². The quantitative estimate of drug-likeness (QED) is 0.561. The zero-order valence-electron chi connectivity index (χ0n) is 12.7. The Kier molecular flexibility index (Phi) is 3.50. The van der Waals surface area contributed by atoms with Crippen molar-refractivity contribution in [3.05, 3.63) is 60.3 Å². The Morgan fingerprint density at radius 1 is 0.960 bits per heavy atom. The first-order valence-corrected chi connectivity index (χ1v) is 8.14. The molecule has 0 fully saturated rings. The van der Waals surface area contributed by atoms with Gasteiger partial charge in [0.05, 0.1) is 15.8 Å². The molecule has 0 bridgehead atoms. The van der Waals surface area contributed by atoms with E-state index in [2.05, 4.69) is 10.1 Å². The van der Waals surface area contributed by atoms with E-state index in [1.54, 1.807) is 36.4 Å². The molecule has 2 aromatic carbocycles. The van der Waals surface area contributed by atoms with Gasteiger partial charge in [0.2, 0.25) is 5.13 Å². The molecule has 126 valence electrons. The maximum Gasteiger partial charge on any atom is 0.435 e. The minimum Gasteiger partial charge on any atom is -0.383 e. The Morgan fingerprint density at radius 3 is 2.32 bits per heavy atom. The molecule has 0 aliphatic carbocycles. The highest BCUT2D eigenvalue weighted by Gasteiger charge is 2.39. The van der Waals surface area contributed by atoms with Crippen LogP contribution < -0.4 is 5.73 Å². The molecule has 0 unspecified atom stereocenters. The number of fused-ring (bicyclic) bond motifs is 1. The van der Waals surface area contributed by atoms with Crippen molar-refractivity contribution in [2.75, 3.05) is 5.73 Å². The summed E-state index contributed by atoms with van der Waals surface area (Å²) in [6, 6.07) is 15.5. The molecule has 4 nitrogen and oxygen atoms in total. The Hall–Kier alpha value is -2.87. The summed E-state index contributed by atoms with van der Waals surface area (Å²) in [7, 11) is 0. The van der Waals surface area contributed by atoms with Crippen LogP contribution in [0, 0.1) is 0 Å². The Bertz CT molecular complexity index is 1020. The lowest BCUT2D eigenvalue weighted by atomic mass is 10.1. The lowest BCUT2D eigenvalue weighted by molar-refractivity contribution is -0.140. The molecule has 0 aliphatic heterocycles. The maximum absolute atomic E-state index is 13.5. The molecule has 2 aromatic heterocycles. The average Bonchev–Trinajstić information content (AvgIpc) is 3.16. The van der Waals surface area contributed by atoms with Gasteiger partial charge in [0.1, 0.15) is 5.82 Å². The number of rotatable bonds is 2. The minimum atomic E-state index is -4.62. The fraction of sp³-hybridized carbons (Fsp3) is 0.0588. The normalized spacial score (nSPS) is 12.0. The third-order valence-electron chi connectivity index (χ3n) is 3.72. The van der Waals surface area contributed by atoms with Gasteiger partial charge in [-0.25, -0.2) is 4.98 Å². The van der Waals surface area contributed by atoms with Crippen molar-refractivity contribution in [2.24, 2.45) is 0 Å². The van der Waals surface area contributed by atoms with Crippen LogP contribution in [-0.4, -0.2) is 14.8 Å². The van der Waals surface area contributed by atoms with Crippen LogP contribution in [0.4, 0.5) is 19.0 Å². The van der Waals surface area contributed by atoms with E-state index in [9.17, 15) is 13.2 Å². The molecule has 0 saturated heterocycles. The van der Waals surface area contributed by atoms with Crippen LogP contribution in [0.1, 0.15) is 5.69 Å². The standard InChI is InChI=1S/C17H11F3N4S/c18-17(19,20)14-13(10-6-2-1-3-7-10)15(21)24(23-14)16-22-11-8-4-5-9-12(11)25-16/h1-9H,21H2. The van der Waals surface area contributed by atoms with Crippen LogP contribution in [0.15, 0.2) is 54.6 Å². The highest BCUT2D eigenvalue weighted by atomic mass is 32.1. The second kappa shape index (κ2) is 5.59. The molecule has 2 heterocycles. The second-order valence-corrected chi connectivity index (χ2v) is 6.36. The van der Waals surface area contributed by atoms with E-state index in [0.717, 1.165) is 9.38 Å². The molecule has 0 saturated carbocycles. The molecule has 4 rings (SSSR count). The van der Waals surface area contributed by atoms with Crippen LogP contribution in [-0.2, 0) is 6.18 Å². The van der Waals surface area contributed by atoms with Gasteiger partial charge in [-0.2, -0.15) is 23.0 Å². The summed E-state index contributed by atoms with van der Waals surface area (Å²) >= 11 is 1.23. The maximum atomic E-state index is 13.5. The molecule has 2 N–H and O–H groups in total. The Morgan fingerprint density at radius 2 is 1.64 bits per heavy atom. The van der Waals surface area contributed by atoms with Crippen molar-refractivity contribution >= 4 is 27.4 Å². The van der Waals surface area contributed by atoms with Crippen LogP contribution in [0.3, 0.4) is 0 Å². The second-order valence-electron chi connectivity index (χ2n) is 5.35. The summed E-state index contributed by atoms with van der Waals surface area (Å²) in [5, 5.41) is 4.04. The number of hydrogen-bond donors (Lipinski definition) is 1. The van der Waals surface area contributed by atoms with Gasteiger partial charge in [0.25, 0.3) is 0 Å². The van der Waals surface area contributed by atoms with E-state index in [-0.39, 0.29) is 11.4 Å². The summed E-state index contributed by atoms with van der Waals surface area (Å²) in [4.78, 5) is 4.35. The van der Waals surface area contributed by atoms with Gasteiger partial charge < -0.3 is 5.73 Å². The number of para-hydroxylation sites is 1. The molecule has 0 aliphatic rings. The van der Waals surface area contributed by atoms with Crippen molar-refractivity contribution in [2.45, 2.75) is 6.18 Å². The van der Waals surface area contributed by atoms with Crippen LogP contribution in [0.25, 0.3) is 26.5 Å². The van der Waals surface area contributed by atoms with Crippen molar-refractivity contribution in [1.29, 1.82) is 0 Å². The molecule has 0 radical (unpaired) electrons. The van der Waals surface area contributed by atoms with E-state index in [0.29, 0.717) is 16.2 Å². The fourth-order valence-electron chi connectivity index (χ4n) is 2.62. The number of hydrogen-bond acceptors (Lipinski definition) is 4. The first-order valence-electron chi connectivity index (χ1n) is 7.32. The predicted octanol–water partition coefficient (Wildman–Crippen LogP) is 4.75. The van der Waals surface area contributed by atoms with E-state index >= 15 is 0 Å². The van der Waals surface area contributed by atoms with E-state index in [4.69, 9.17) is 5.73 Å². The minimum absolute atomic E-state index is 0.0856. The van der Waals surface area contributed by atoms with Gasteiger partial charge in [0, 0.05) is 0 Å². The van der Waals surface area contributed by atoms with Crippen LogP contribution >= 0.6 is 11.3 Å². The SMILES string of the molecule is Nc1c(-c2ccccc2)c(C(F)(F)F)nn1-c1nc2ccccc2s1. The first-order chi connectivity index (χ1) is 11.9. The van der Waals surface area contributed by atoms with Gasteiger partial charge in [-0.3, -0.25) is 0 Å². The average molecular weight is 360 g/mol. The van der Waals surface area contributed by atoms with Gasteiger partial charge in [-0.1, -0.05) is 53.8 Å². The van der Waals surface area contributed by atoms with Crippen molar-refractivity contribution in [3.8, 4) is 16.3 Å². The summed E-state index contributed by atoms with van der Waals surface area (Å²) in [6.07, 6.45) is -4.62. The first kappa shape index (κ1) is 15.6. The number of nitrogen functional groups attached to an aromatic ring is 1. The largest absolute Gasteiger partial charge is 0.435 e. The monoisotopic (exact) mass is 360 g/mol. The van der Waals surface area contributed by atoms with Crippen molar-refractivity contribution < 1.29 is 13.2 Å². The molecule has 4 aromatic rings. The topological polar surface area (TPSA) is 56.7 Å². The van der Waals surface area contributed by atoms with E-state index < -0.39 is 11.9 Å². The molecular weight excluding hydrogens is 349 g/mol. The lowest BCUT2D eigenvalue weighted by Gasteiger charge is -2.06. The lowest BCUT2D eigenvalue weighted by Crippen LogP contribution is -2.08. The Balaban J connectivity index is 1.97. The highest BCUT2D eigenvalue weighted by Crippen LogP contribution is 2.41. The zero-order valence-corrected chi connectivity index (χ0v) is 13.5. The van der Waals surface area contributed by atoms with E-state index in [1.807, 2.05) is 18.2 Å². The zero-order chi connectivity index (χ0) is 17.6. The smallest absolute Gasteiger partial charge is 0.383 e. The summed E-state index contributed by atoms with van der Waals surface area (Å²) in [6.45, 7) is 0. The van der Waals surface area contributed by atoms with E-state index in [1.165, 1.54) is 11.3 Å². The number of thiazole rings is 1. The highest BCUT2D eigenvalue weighted by molar-refractivity contribution is 7.20.